The summed E-state index contributed by atoms with van der Waals surface area (Å²) >= 11 is 12.5. The first-order chi connectivity index (χ1) is 12.2. The molecule has 0 aliphatic heterocycles. The van der Waals surface area contributed by atoms with Gasteiger partial charge in [0.05, 0.1) is 23.0 Å². The molecule has 6 heteroatoms. The number of hydrogen-bond acceptors (Lipinski definition) is 3. The van der Waals surface area contributed by atoms with Crippen molar-refractivity contribution >= 4 is 23.2 Å². The maximum absolute atomic E-state index is 6.25. The van der Waals surface area contributed by atoms with E-state index in [0.29, 0.717) is 34.8 Å². The molecule has 0 N–H and O–H groups in total. The quantitative estimate of drug-likeness (QED) is 0.364. The van der Waals surface area contributed by atoms with Gasteiger partial charge in [-0.25, -0.2) is 4.98 Å². The topological polar surface area (TPSA) is 36.3 Å². The van der Waals surface area contributed by atoms with Crippen molar-refractivity contribution in [3.05, 3.63) is 53.1 Å². The Kier molecular flexibility index (Phi) is 8.70. The van der Waals surface area contributed by atoms with Crippen LogP contribution in [0.25, 0.3) is 0 Å². The van der Waals surface area contributed by atoms with E-state index < -0.39 is 0 Å². The SMILES string of the molecule is C/C=C/COc1cc(Cl)c(OCCCCCCn2ccnc2)c(Cl)c1. The van der Waals surface area contributed by atoms with E-state index in [1.165, 1.54) is 0 Å². The number of ether oxygens (including phenoxy) is 2. The molecule has 0 saturated heterocycles. The number of imidazole rings is 1. The molecule has 0 amide bonds. The van der Waals surface area contributed by atoms with Crippen LogP contribution in [-0.4, -0.2) is 22.8 Å². The van der Waals surface area contributed by atoms with Gasteiger partial charge in [0.15, 0.2) is 5.75 Å². The molecule has 1 aromatic heterocycles. The number of nitrogens with zero attached hydrogens (tertiary/aromatic N) is 2. The Bertz CT molecular complexity index is 634. The van der Waals surface area contributed by atoms with Crippen LogP contribution in [0.1, 0.15) is 32.6 Å². The van der Waals surface area contributed by atoms with Crippen LogP contribution < -0.4 is 9.47 Å². The first kappa shape index (κ1) is 19.7. The average Bonchev–Trinajstić information content (AvgIpc) is 3.09. The minimum atomic E-state index is 0.475. The zero-order chi connectivity index (χ0) is 17.9. The molecule has 0 radical (unpaired) electrons. The van der Waals surface area contributed by atoms with Crippen LogP contribution in [-0.2, 0) is 6.54 Å². The Balaban J connectivity index is 1.67. The summed E-state index contributed by atoms with van der Waals surface area (Å²) in [6.45, 7) is 4.04. The number of unbranched alkanes of at least 4 members (excludes halogenated alkanes) is 3. The number of allylic oxidation sites excluding steroid dienone is 1. The lowest BCUT2D eigenvalue weighted by molar-refractivity contribution is 0.303. The van der Waals surface area contributed by atoms with E-state index >= 15 is 0 Å². The molecule has 136 valence electrons. The molecule has 0 aliphatic carbocycles. The molecule has 0 unspecified atom stereocenters. The van der Waals surface area contributed by atoms with Crippen molar-refractivity contribution in [1.82, 2.24) is 9.55 Å². The van der Waals surface area contributed by atoms with E-state index in [0.717, 1.165) is 32.2 Å². The number of aromatic nitrogens is 2. The maximum Gasteiger partial charge on any atom is 0.156 e. The minimum absolute atomic E-state index is 0.475. The third-order valence-electron chi connectivity index (χ3n) is 3.67. The molecular formula is C19H24Cl2N2O2. The summed E-state index contributed by atoms with van der Waals surface area (Å²) in [5, 5.41) is 0.950. The highest BCUT2D eigenvalue weighted by molar-refractivity contribution is 6.37. The smallest absolute Gasteiger partial charge is 0.156 e. The average molecular weight is 383 g/mol. The van der Waals surface area contributed by atoms with Gasteiger partial charge < -0.3 is 14.0 Å². The summed E-state index contributed by atoms with van der Waals surface area (Å²) in [5.74, 6) is 1.17. The van der Waals surface area contributed by atoms with Crippen LogP contribution in [0.5, 0.6) is 11.5 Å². The van der Waals surface area contributed by atoms with E-state index in [9.17, 15) is 0 Å². The van der Waals surface area contributed by atoms with Crippen molar-refractivity contribution < 1.29 is 9.47 Å². The lowest BCUT2D eigenvalue weighted by atomic mass is 10.2. The second-order valence-corrected chi connectivity index (χ2v) is 6.47. The lowest BCUT2D eigenvalue weighted by Crippen LogP contribution is -2.00. The molecule has 0 atom stereocenters. The molecule has 0 bridgehead atoms. The molecule has 4 nitrogen and oxygen atoms in total. The summed E-state index contributed by atoms with van der Waals surface area (Å²) in [6.07, 6.45) is 13.8. The van der Waals surface area contributed by atoms with Crippen molar-refractivity contribution in [2.45, 2.75) is 39.2 Å². The first-order valence-electron chi connectivity index (χ1n) is 8.52. The van der Waals surface area contributed by atoms with Gasteiger partial charge in [0.1, 0.15) is 12.4 Å². The third kappa shape index (κ3) is 7.00. The summed E-state index contributed by atoms with van der Waals surface area (Å²) < 4.78 is 13.4. The molecule has 0 spiro atoms. The van der Waals surface area contributed by atoms with Crippen molar-refractivity contribution in [3.63, 3.8) is 0 Å². The van der Waals surface area contributed by atoms with Gasteiger partial charge in [-0.2, -0.15) is 0 Å². The van der Waals surface area contributed by atoms with Crippen molar-refractivity contribution in [3.8, 4) is 11.5 Å². The first-order valence-corrected chi connectivity index (χ1v) is 9.28. The fraction of sp³-hybridized carbons (Fsp3) is 0.421. The van der Waals surface area contributed by atoms with Crippen molar-refractivity contribution in [2.75, 3.05) is 13.2 Å². The molecule has 1 heterocycles. The zero-order valence-corrected chi connectivity index (χ0v) is 16.0. The van der Waals surface area contributed by atoms with E-state index in [1.54, 1.807) is 18.3 Å². The van der Waals surface area contributed by atoms with Crippen molar-refractivity contribution in [1.29, 1.82) is 0 Å². The van der Waals surface area contributed by atoms with E-state index in [-0.39, 0.29) is 0 Å². The number of aryl methyl sites for hydroxylation is 1. The molecular weight excluding hydrogens is 359 g/mol. The second kappa shape index (κ2) is 11.1. The summed E-state index contributed by atoms with van der Waals surface area (Å²) in [4.78, 5) is 4.03. The molecule has 2 rings (SSSR count). The Labute approximate surface area is 159 Å². The Morgan fingerprint density at radius 2 is 1.84 bits per heavy atom. The molecule has 2 aromatic rings. The fourth-order valence-corrected chi connectivity index (χ4v) is 2.92. The van der Waals surface area contributed by atoms with Gasteiger partial charge >= 0.3 is 0 Å². The van der Waals surface area contributed by atoms with Crippen LogP contribution in [0.3, 0.4) is 0 Å². The highest BCUT2D eigenvalue weighted by Crippen LogP contribution is 2.37. The van der Waals surface area contributed by atoms with Crippen LogP contribution in [0.15, 0.2) is 43.0 Å². The standard InChI is InChI=1S/C19H24Cl2N2O2/c1-2-3-11-24-16-13-17(20)19(18(21)14-16)25-12-7-5-4-6-9-23-10-8-22-15-23/h2-3,8,10,13-15H,4-7,9,11-12H2,1H3/b3-2+. The van der Waals surface area contributed by atoms with Gasteiger partial charge in [-0.05, 0) is 19.8 Å². The highest BCUT2D eigenvalue weighted by Gasteiger charge is 2.10. The maximum atomic E-state index is 6.25. The molecule has 25 heavy (non-hydrogen) atoms. The molecule has 1 aromatic carbocycles. The van der Waals surface area contributed by atoms with Gasteiger partial charge in [0.25, 0.3) is 0 Å². The fourth-order valence-electron chi connectivity index (χ4n) is 2.34. The lowest BCUT2D eigenvalue weighted by Gasteiger charge is -2.12. The normalized spacial score (nSPS) is 11.2. The van der Waals surface area contributed by atoms with E-state index in [2.05, 4.69) is 9.55 Å². The number of benzene rings is 1. The van der Waals surface area contributed by atoms with Gasteiger partial charge in [-0.1, -0.05) is 48.2 Å². The largest absolute Gasteiger partial charge is 0.490 e. The highest BCUT2D eigenvalue weighted by atomic mass is 35.5. The molecule has 0 saturated carbocycles. The number of halogens is 2. The minimum Gasteiger partial charge on any atom is -0.490 e. The number of rotatable bonds is 11. The summed E-state index contributed by atoms with van der Waals surface area (Å²) in [6, 6.07) is 3.47. The third-order valence-corrected chi connectivity index (χ3v) is 4.23. The van der Waals surface area contributed by atoms with Gasteiger partial charge in [0, 0.05) is 31.1 Å². The van der Waals surface area contributed by atoms with Crippen LogP contribution >= 0.6 is 23.2 Å². The van der Waals surface area contributed by atoms with Crippen molar-refractivity contribution in [2.24, 2.45) is 0 Å². The van der Waals surface area contributed by atoms with Gasteiger partial charge in [0.2, 0.25) is 0 Å². The zero-order valence-electron chi connectivity index (χ0n) is 14.5. The molecule has 0 aliphatic rings. The van der Waals surface area contributed by atoms with Gasteiger partial charge in [-0.3, -0.25) is 0 Å². The monoisotopic (exact) mass is 382 g/mol. The van der Waals surface area contributed by atoms with E-state index in [1.807, 2.05) is 31.6 Å². The van der Waals surface area contributed by atoms with Crippen LogP contribution in [0.4, 0.5) is 0 Å². The predicted octanol–water partition coefficient (Wildman–Crippen LogP) is 5.78. The summed E-state index contributed by atoms with van der Waals surface area (Å²) in [7, 11) is 0. The Morgan fingerprint density at radius 1 is 1.08 bits per heavy atom. The predicted molar refractivity (Wildman–Crippen MR) is 103 cm³/mol. The molecule has 0 fully saturated rings. The Hall–Kier alpha value is -1.65. The van der Waals surface area contributed by atoms with Crippen LogP contribution in [0.2, 0.25) is 10.0 Å². The van der Waals surface area contributed by atoms with Crippen LogP contribution in [0, 0.1) is 0 Å². The number of hydrogen-bond donors (Lipinski definition) is 0. The van der Waals surface area contributed by atoms with E-state index in [4.69, 9.17) is 32.7 Å². The second-order valence-electron chi connectivity index (χ2n) is 5.66. The summed E-state index contributed by atoms with van der Waals surface area (Å²) in [5.41, 5.74) is 0. The van der Waals surface area contributed by atoms with Gasteiger partial charge in [-0.15, -0.1) is 0 Å². The Morgan fingerprint density at radius 3 is 2.52 bits per heavy atom.